The molecule has 0 aliphatic carbocycles. The fourth-order valence-corrected chi connectivity index (χ4v) is 1.85. The largest absolute Gasteiger partial charge is 0.364 e. The Morgan fingerprint density at radius 2 is 2.06 bits per heavy atom. The van der Waals surface area contributed by atoms with Crippen LogP contribution in [0.5, 0.6) is 0 Å². The molecule has 1 N–H and O–H groups in total. The maximum absolute atomic E-state index is 3.36. The van der Waals surface area contributed by atoms with E-state index in [4.69, 9.17) is 0 Å². The molecule has 0 fully saturated rings. The number of aromatic amines is 1. The first-order valence-electron chi connectivity index (χ1n) is 5.75. The van der Waals surface area contributed by atoms with Gasteiger partial charge >= 0.3 is 0 Å². The van der Waals surface area contributed by atoms with E-state index in [0.29, 0.717) is 0 Å². The summed E-state index contributed by atoms with van der Waals surface area (Å²) in [6.45, 7) is 6.72. The lowest BCUT2D eigenvalue weighted by Crippen LogP contribution is -2.09. The van der Waals surface area contributed by atoms with Crippen LogP contribution in [0.4, 0.5) is 0 Å². The third kappa shape index (κ3) is 2.21. The monoisotopic (exact) mass is 216 g/mol. The molecule has 0 atom stereocenters. The van der Waals surface area contributed by atoms with Crippen LogP contribution < -0.4 is 0 Å². The van der Waals surface area contributed by atoms with Crippen molar-refractivity contribution in [3.63, 3.8) is 0 Å². The normalized spacial score (nSPS) is 12.0. The van der Waals surface area contributed by atoms with Gasteiger partial charge in [-0.3, -0.25) is 0 Å². The Hall–Kier alpha value is -1.44. The number of hydrogen-bond donors (Lipinski definition) is 1. The molecule has 0 radical (unpaired) electrons. The summed E-state index contributed by atoms with van der Waals surface area (Å²) >= 11 is 0. The molecule has 0 aliphatic heterocycles. The number of aryl methyl sites for hydroxylation is 1. The molecule has 0 aromatic carbocycles. The number of aromatic nitrogens is 2. The Kier molecular flexibility index (Phi) is 2.66. The first-order valence-corrected chi connectivity index (χ1v) is 5.75. The molecule has 2 heteroatoms. The summed E-state index contributed by atoms with van der Waals surface area (Å²) in [6, 6.07) is 6.52. The summed E-state index contributed by atoms with van der Waals surface area (Å²) in [5.41, 5.74) is 4.22. The highest BCUT2D eigenvalue weighted by Crippen LogP contribution is 2.23. The van der Waals surface area contributed by atoms with Gasteiger partial charge < -0.3 is 9.55 Å². The Labute approximate surface area is 97.3 Å². The molecule has 2 heterocycles. The fraction of sp³-hybridized carbons (Fsp3) is 0.429. The van der Waals surface area contributed by atoms with E-state index in [1.807, 2.05) is 0 Å². The molecule has 16 heavy (non-hydrogen) atoms. The number of hydrogen-bond acceptors (Lipinski definition) is 0. The van der Waals surface area contributed by atoms with Gasteiger partial charge in [0.1, 0.15) is 0 Å². The zero-order valence-electron chi connectivity index (χ0n) is 10.5. The van der Waals surface area contributed by atoms with Crippen molar-refractivity contribution in [2.75, 3.05) is 0 Å². The molecule has 0 aliphatic rings. The van der Waals surface area contributed by atoms with Crippen LogP contribution in [0.2, 0.25) is 0 Å². The van der Waals surface area contributed by atoms with Crippen molar-refractivity contribution in [3.05, 3.63) is 47.5 Å². The van der Waals surface area contributed by atoms with Crippen LogP contribution in [0.3, 0.4) is 0 Å². The molecule has 2 aromatic rings. The van der Waals surface area contributed by atoms with Gasteiger partial charge in [0, 0.05) is 37.3 Å². The Bertz CT molecular complexity index is 469. The van der Waals surface area contributed by atoms with Crippen molar-refractivity contribution in [2.45, 2.75) is 32.6 Å². The van der Waals surface area contributed by atoms with Crippen LogP contribution in [0.25, 0.3) is 0 Å². The van der Waals surface area contributed by atoms with E-state index in [-0.39, 0.29) is 5.41 Å². The van der Waals surface area contributed by atoms with Crippen LogP contribution in [-0.2, 0) is 18.9 Å². The molecular formula is C14H20N2. The van der Waals surface area contributed by atoms with Crippen molar-refractivity contribution in [1.29, 1.82) is 0 Å². The third-order valence-electron chi connectivity index (χ3n) is 3.03. The number of nitrogens with one attached hydrogen (secondary N) is 1. The Balaban J connectivity index is 2.18. The van der Waals surface area contributed by atoms with E-state index in [9.17, 15) is 0 Å². The second kappa shape index (κ2) is 3.85. The molecular weight excluding hydrogens is 196 g/mol. The molecule has 0 amide bonds. The first-order chi connectivity index (χ1) is 7.47. The standard InChI is InChI=1S/C14H20N2/c1-14(2,3)11-8-12(15-10-11)9-13-6-5-7-16(13)4/h5-8,10,15H,9H2,1-4H3. The van der Waals surface area contributed by atoms with E-state index in [2.05, 4.69) is 68.0 Å². The third-order valence-corrected chi connectivity index (χ3v) is 3.03. The zero-order valence-corrected chi connectivity index (χ0v) is 10.5. The lowest BCUT2D eigenvalue weighted by molar-refractivity contribution is 0.591. The summed E-state index contributed by atoms with van der Waals surface area (Å²) in [6.07, 6.45) is 5.18. The van der Waals surface area contributed by atoms with Gasteiger partial charge in [-0.05, 0) is 29.2 Å². The van der Waals surface area contributed by atoms with Gasteiger partial charge in [0.25, 0.3) is 0 Å². The minimum absolute atomic E-state index is 0.225. The highest BCUT2D eigenvalue weighted by Gasteiger charge is 2.15. The van der Waals surface area contributed by atoms with Crippen molar-refractivity contribution in [3.8, 4) is 0 Å². The number of H-pyrrole nitrogens is 1. The van der Waals surface area contributed by atoms with Crippen LogP contribution in [0.15, 0.2) is 30.6 Å². The predicted molar refractivity (Wildman–Crippen MR) is 67.7 cm³/mol. The molecule has 0 saturated heterocycles. The van der Waals surface area contributed by atoms with Crippen molar-refractivity contribution in [2.24, 2.45) is 7.05 Å². The maximum Gasteiger partial charge on any atom is 0.0280 e. The van der Waals surface area contributed by atoms with E-state index in [1.165, 1.54) is 17.0 Å². The van der Waals surface area contributed by atoms with Crippen LogP contribution >= 0.6 is 0 Å². The first kappa shape index (κ1) is 11.1. The average Bonchev–Trinajstić information content (AvgIpc) is 2.76. The van der Waals surface area contributed by atoms with Crippen molar-refractivity contribution in [1.82, 2.24) is 9.55 Å². The van der Waals surface area contributed by atoms with Crippen LogP contribution in [0, 0.1) is 0 Å². The molecule has 2 aromatic heterocycles. The topological polar surface area (TPSA) is 20.7 Å². The average molecular weight is 216 g/mol. The van der Waals surface area contributed by atoms with E-state index in [1.54, 1.807) is 0 Å². The summed E-state index contributed by atoms with van der Waals surface area (Å²) in [7, 11) is 2.09. The molecule has 2 rings (SSSR count). The van der Waals surface area contributed by atoms with Crippen molar-refractivity contribution >= 4 is 0 Å². The number of nitrogens with zero attached hydrogens (tertiary/aromatic N) is 1. The highest BCUT2D eigenvalue weighted by molar-refractivity contribution is 5.26. The Morgan fingerprint density at radius 1 is 1.31 bits per heavy atom. The quantitative estimate of drug-likeness (QED) is 0.795. The minimum atomic E-state index is 0.225. The molecule has 0 saturated carbocycles. The SMILES string of the molecule is Cn1cccc1Cc1cc(C(C)(C)C)c[nH]1. The molecule has 0 unspecified atom stereocenters. The predicted octanol–water partition coefficient (Wildman–Crippen LogP) is 3.24. The number of rotatable bonds is 2. The van der Waals surface area contributed by atoms with E-state index < -0.39 is 0 Å². The highest BCUT2D eigenvalue weighted by atomic mass is 14.9. The second-order valence-corrected chi connectivity index (χ2v) is 5.45. The van der Waals surface area contributed by atoms with Gasteiger partial charge in [-0.25, -0.2) is 0 Å². The molecule has 0 spiro atoms. The molecule has 0 bridgehead atoms. The van der Waals surface area contributed by atoms with Gasteiger partial charge in [0.2, 0.25) is 0 Å². The zero-order chi connectivity index (χ0) is 11.8. The summed E-state index contributed by atoms with van der Waals surface area (Å²) in [4.78, 5) is 3.36. The van der Waals surface area contributed by atoms with Crippen LogP contribution in [-0.4, -0.2) is 9.55 Å². The lowest BCUT2D eigenvalue weighted by Gasteiger charge is -2.15. The maximum atomic E-state index is 3.36. The van der Waals surface area contributed by atoms with Gasteiger partial charge in [-0.2, -0.15) is 0 Å². The van der Waals surface area contributed by atoms with E-state index >= 15 is 0 Å². The van der Waals surface area contributed by atoms with Crippen molar-refractivity contribution < 1.29 is 0 Å². The summed E-state index contributed by atoms with van der Waals surface area (Å²) < 4.78 is 2.16. The van der Waals surface area contributed by atoms with E-state index in [0.717, 1.165) is 6.42 Å². The lowest BCUT2D eigenvalue weighted by atomic mass is 9.89. The van der Waals surface area contributed by atoms with Gasteiger partial charge in [-0.1, -0.05) is 20.8 Å². The van der Waals surface area contributed by atoms with Crippen LogP contribution in [0.1, 0.15) is 37.7 Å². The summed E-state index contributed by atoms with van der Waals surface area (Å²) in [5.74, 6) is 0. The Morgan fingerprint density at radius 3 is 2.56 bits per heavy atom. The second-order valence-electron chi connectivity index (χ2n) is 5.45. The summed E-state index contributed by atoms with van der Waals surface area (Å²) in [5, 5.41) is 0. The molecule has 86 valence electrons. The van der Waals surface area contributed by atoms with Gasteiger partial charge in [0.15, 0.2) is 0 Å². The molecule has 2 nitrogen and oxygen atoms in total. The smallest absolute Gasteiger partial charge is 0.0280 e. The van der Waals surface area contributed by atoms with Gasteiger partial charge in [0.05, 0.1) is 0 Å². The minimum Gasteiger partial charge on any atom is -0.364 e. The van der Waals surface area contributed by atoms with Gasteiger partial charge in [-0.15, -0.1) is 0 Å². The fourth-order valence-electron chi connectivity index (χ4n) is 1.85.